The quantitative estimate of drug-likeness (QED) is 0.777. The van der Waals surface area contributed by atoms with E-state index in [2.05, 4.69) is 10.0 Å². The first kappa shape index (κ1) is 18.5. The molecule has 11 heteroatoms. The Hall–Kier alpha value is -1.85. The lowest BCUT2D eigenvalue weighted by Gasteiger charge is -2.33. The first-order chi connectivity index (χ1) is 11.0. The van der Waals surface area contributed by atoms with Gasteiger partial charge >= 0.3 is 6.03 Å². The molecule has 1 aliphatic rings. The Balaban J connectivity index is 1.91. The van der Waals surface area contributed by atoms with Gasteiger partial charge in [-0.05, 0) is 24.3 Å². The van der Waals surface area contributed by atoms with E-state index in [4.69, 9.17) is 0 Å². The van der Waals surface area contributed by atoms with Crippen LogP contribution in [-0.4, -0.2) is 70.8 Å². The predicted octanol–water partition coefficient (Wildman–Crippen LogP) is 0.167. The van der Waals surface area contributed by atoms with E-state index in [0.29, 0.717) is 24.5 Å². The fraction of sp³-hybridized carbons (Fsp3) is 0.462. The van der Waals surface area contributed by atoms with E-state index in [1.165, 1.54) is 21.3 Å². The molecule has 2 N–H and O–H groups in total. The molecule has 1 aliphatic heterocycles. The molecule has 0 unspecified atom stereocenters. The zero-order valence-corrected chi connectivity index (χ0v) is 15.0. The van der Waals surface area contributed by atoms with Crippen molar-refractivity contribution < 1.29 is 21.6 Å². The molecule has 0 atom stereocenters. The SMILES string of the molecule is CS(=O)(=O)Nc1ccc(NC(=O)N2CCN(S(C)(=O)=O)CC2)cc1. The number of amides is 2. The summed E-state index contributed by atoms with van der Waals surface area (Å²) < 4.78 is 48.8. The molecule has 9 nitrogen and oxygen atoms in total. The predicted molar refractivity (Wildman–Crippen MR) is 91.9 cm³/mol. The minimum absolute atomic E-state index is 0.267. The van der Waals surface area contributed by atoms with E-state index in [0.717, 1.165) is 12.5 Å². The number of piperazine rings is 1. The van der Waals surface area contributed by atoms with E-state index in [9.17, 15) is 21.6 Å². The summed E-state index contributed by atoms with van der Waals surface area (Å²) in [4.78, 5) is 13.7. The fourth-order valence-corrected chi connectivity index (χ4v) is 3.65. The van der Waals surface area contributed by atoms with Crippen LogP contribution in [0.4, 0.5) is 16.2 Å². The van der Waals surface area contributed by atoms with Crippen molar-refractivity contribution in [2.45, 2.75) is 0 Å². The molecule has 134 valence electrons. The zero-order chi connectivity index (χ0) is 18.0. The number of sulfonamides is 2. The van der Waals surface area contributed by atoms with E-state index in [-0.39, 0.29) is 19.1 Å². The molecule has 0 aromatic heterocycles. The van der Waals surface area contributed by atoms with E-state index >= 15 is 0 Å². The summed E-state index contributed by atoms with van der Waals surface area (Å²) in [5.74, 6) is 0. The maximum absolute atomic E-state index is 12.2. The van der Waals surface area contributed by atoms with Gasteiger partial charge in [0, 0.05) is 37.6 Å². The van der Waals surface area contributed by atoms with Gasteiger partial charge in [0.15, 0.2) is 0 Å². The van der Waals surface area contributed by atoms with Crippen molar-refractivity contribution in [3.8, 4) is 0 Å². The molecule has 1 saturated heterocycles. The summed E-state index contributed by atoms with van der Waals surface area (Å²) in [5.41, 5.74) is 0.918. The molecule has 24 heavy (non-hydrogen) atoms. The summed E-state index contributed by atoms with van der Waals surface area (Å²) in [6.07, 6.45) is 2.20. The molecule has 1 aromatic rings. The molecular formula is C13H20N4O5S2. The Bertz CT molecular complexity index is 797. The van der Waals surface area contributed by atoms with Crippen LogP contribution in [0.5, 0.6) is 0 Å². The lowest BCUT2D eigenvalue weighted by atomic mass is 10.3. The molecule has 1 fully saturated rings. The van der Waals surface area contributed by atoms with E-state index < -0.39 is 20.0 Å². The van der Waals surface area contributed by atoms with Crippen LogP contribution < -0.4 is 10.0 Å². The molecule has 0 radical (unpaired) electrons. The third-order valence-corrected chi connectivity index (χ3v) is 5.34. The van der Waals surface area contributed by atoms with Gasteiger partial charge in [-0.1, -0.05) is 0 Å². The monoisotopic (exact) mass is 376 g/mol. The fourth-order valence-electron chi connectivity index (χ4n) is 2.26. The van der Waals surface area contributed by atoms with E-state index in [1.54, 1.807) is 12.1 Å². The van der Waals surface area contributed by atoms with Gasteiger partial charge in [0.1, 0.15) is 0 Å². The maximum Gasteiger partial charge on any atom is 0.321 e. The third-order valence-electron chi connectivity index (χ3n) is 3.43. The summed E-state index contributed by atoms with van der Waals surface area (Å²) >= 11 is 0. The van der Waals surface area contributed by atoms with Crippen LogP contribution in [0.2, 0.25) is 0 Å². The molecule has 0 spiro atoms. The summed E-state index contributed by atoms with van der Waals surface area (Å²) in [6, 6.07) is 5.92. The second-order valence-electron chi connectivity index (χ2n) is 5.53. The van der Waals surface area contributed by atoms with Gasteiger partial charge in [0.25, 0.3) is 0 Å². The minimum Gasteiger partial charge on any atom is -0.322 e. The first-order valence-electron chi connectivity index (χ1n) is 7.13. The normalized spacial score (nSPS) is 16.7. The number of hydrogen-bond donors (Lipinski definition) is 2. The lowest BCUT2D eigenvalue weighted by Crippen LogP contribution is -2.51. The van der Waals surface area contributed by atoms with E-state index in [1.807, 2.05) is 0 Å². The van der Waals surface area contributed by atoms with Crippen molar-refractivity contribution in [2.24, 2.45) is 0 Å². The van der Waals surface area contributed by atoms with Gasteiger partial charge in [-0.3, -0.25) is 4.72 Å². The summed E-state index contributed by atoms with van der Waals surface area (Å²) in [5, 5.41) is 2.70. The summed E-state index contributed by atoms with van der Waals surface area (Å²) in [7, 11) is -6.58. The number of anilines is 2. The van der Waals surface area contributed by atoms with Gasteiger partial charge in [-0.15, -0.1) is 0 Å². The third kappa shape index (κ3) is 5.35. The molecule has 1 heterocycles. The maximum atomic E-state index is 12.2. The number of nitrogens with one attached hydrogen (secondary N) is 2. The zero-order valence-electron chi connectivity index (χ0n) is 13.4. The number of urea groups is 1. The van der Waals surface area contributed by atoms with Crippen LogP contribution in [0.1, 0.15) is 0 Å². The molecular weight excluding hydrogens is 356 g/mol. The largest absolute Gasteiger partial charge is 0.322 e. The Labute approximate surface area is 141 Å². The Morgan fingerprint density at radius 1 is 0.917 bits per heavy atom. The second-order valence-corrected chi connectivity index (χ2v) is 9.26. The number of carbonyl (C=O) groups is 1. The van der Waals surface area contributed by atoms with Gasteiger partial charge in [-0.2, -0.15) is 4.31 Å². The molecule has 0 bridgehead atoms. The second kappa shape index (κ2) is 6.95. The van der Waals surface area contributed by atoms with Crippen LogP contribution in [0, 0.1) is 0 Å². The van der Waals surface area contributed by atoms with Crippen molar-refractivity contribution in [1.29, 1.82) is 0 Å². The van der Waals surface area contributed by atoms with Gasteiger partial charge in [0.05, 0.1) is 12.5 Å². The summed E-state index contributed by atoms with van der Waals surface area (Å²) in [6.45, 7) is 1.16. The number of rotatable bonds is 4. The smallest absolute Gasteiger partial charge is 0.321 e. The van der Waals surface area contributed by atoms with Crippen LogP contribution in [0.15, 0.2) is 24.3 Å². The van der Waals surface area contributed by atoms with Gasteiger partial charge in [0.2, 0.25) is 20.0 Å². The highest BCUT2D eigenvalue weighted by atomic mass is 32.2. The average molecular weight is 376 g/mol. The molecule has 1 aromatic carbocycles. The van der Waals surface area contributed by atoms with Crippen LogP contribution in [0.25, 0.3) is 0 Å². The van der Waals surface area contributed by atoms with Gasteiger partial charge in [-0.25, -0.2) is 21.6 Å². The molecule has 2 rings (SSSR count). The molecule has 0 saturated carbocycles. The van der Waals surface area contributed by atoms with Crippen molar-refractivity contribution in [1.82, 2.24) is 9.21 Å². The van der Waals surface area contributed by atoms with Crippen molar-refractivity contribution in [2.75, 3.05) is 48.7 Å². The number of carbonyl (C=O) groups excluding carboxylic acids is 1. The average Bonchev–Trinajstić information content (AvgIpc) is 2.47. The van der Waals surface area contributed by atoms with Crippen molar-refractivity contribution in [3.05, 3.63) is 24.3 Å². The molecule has 2 amide bonds. The minimum atomic E-state index is -3.35. The Morgan fingerprint density at radius 2 is 1.42 bits per heavy atom. The van der Waals surface area contributed by atoms with Crippen LogP contribution >= 0.6 is 0 Å². The lowest BCUT2D eigenvalue weighted by molar-refractivity contribution is 0.184. The highest BCUT2D eigenvalue weighted by molar-refractivity contribution is 7.92. The Morgan fingerprint density at radius 3 is 1.88 bits per heavy atom. The van der Waals surface area contributed by atoms with Crippen molar-refractivity contribution >= 4 is 37.5 Å². The standard InChI is InChI=1S/C13H20N4O5S2/c1-23(19,20)15-12-5-3-11(4-6-12)14-13(18)16-7-9-17(10-8-16)24(2,21)22/h3-6,15H,7-10H2,1-2H3,(H,14,18). The Kier molecular flexibility index (Phi) is 5.35. The van der Waals surface area contributed by atoms with Crippen LogP contribution in [-0.2, 0) is 20.0 Å². The highest BCUT2D eigenvalue weighted by Crippen LogP contribution is 2.15. The topological polar surface area (TPSA) is 116 Å². The van der Waals surface area contributed by atoms with Crippen molar-refractivity contribution in [3.63, 3.8) is 0 Å². The number of benzene rings is 1. The molecule has 0 aliphatic carbocycles. The van der Waals surface area contributed by atoms with Crippen LogP contribution in [0.3, 0.4) is 0 Å². The highest BCUT2D eigenvalue weighted by Gasteiger charge is 2.25. The first-order valence-corrected chi connectivity index (χ1v) is 10.9. The number of hydrogen-bond acceptors (Lipinski definition) is 5. The number of nitrogens with zero attached hydrogens (tertiary/aromatic N) is 2. The van der Waals surface area contributed by atoms with Gasteiger partial charge < -0.3 is 10.2 Å².